The molecule has 0 N–H and O–H groups in total. The van der Waals surface area contributed by atoms with Crippen LogP contribution in [0, 0.1) is 84.1 Å². The first kappa shape index (κ1) is 40.1. The molecule has 4 heteroatoms. The summed E-state index contributed by atoms with van der Waals surface area (Å²) in [7, 11) is 0. The number of hydrogen-bond donors (Lipinski definition) is 0. The van der Waals surface area contributed by atoms with E-state index >= 15 is 0 Å². The fraction of sp³-hybridized carbons (Fsp3) is 0.379. The molecule has 0 saturated carbocycles. The Morgan fingerprint density at radius 3 is 1.00 bits per heavy atom. The molecule has 0 amide bonds. The van der Waals surface area contributed by atoms with E-state index in [1.54, 1.807) is 0 Å². The Morgan fingerprint density at radius 1 is 0.576 bits per heavy atom. The second-order valence-electron chi connectivity index (χ2n) is 7.99. The van der Waals surface area contributed by atoms with Crippen molar-refractivity contribution in [1.29, 1.82) is 0 Å². The van der Waals surface area contributed by atoms with Crippen molar-refractivity contribution in [2.75, 3.05) is 0 Å². The summed E-state index contributed by atoms with van der Waals surface area (Å²) >= 11 is 9.72. The maximum Gasteiger partial charge on any atom is 0 e. The maximum absolute atomic E-state index is 4.86. The fourth-order valence-electron chi connectivity index (χ4n) is 3.42. The van der Waals surface area contributed by atoms with Crippen LogP contribution in [0.15, 0.2) is 30.3 Å². The van der Waals surface area contributed by atoms with Gasteiger partial charge >= 0.3 is 0 Å². The number of benzene rings is 1. The molecule has 3 aromatic carbocycles. The standard InChI is InChI=1S/2C10H15.C7H8S2.2CH3.2Rh/c2*1-6-7(2)9(4)10(5)8(6)3;8-7(9)6-4-2-1-3-5-6;;;;/h2*1-5H3;1-5,7-9H;2*1H3;;/q-5;-1;;2*-1;;/p-2. The predicted octanol–water partition coefficient (Wildman–Crippen LogP) is 8.57. The van der Waals surface area contributed by atoms with E-state index < -0.39 is 0 Å². The molecule has 2 radical (unpaired) electrons. The van der Waals surface area contributed by atoms with Crippen LogP contribution in [0.3, 0.4) is 0 Å². The van der Waals surface area contributed by atoms with Crippen molar-refractivity contribution in [1.82, 2.24) is 0 Å². The van der Waals surface area contributed by atoms with Gasteiger partial charge in [-0.25, -0.2) is 34.6 Å². The van der Waals surface area contributed by atoms with E-state index in [9.17, 15) is 0 Å². The predicted molar refractivity (Wildman–Crippen MR) is 148 cm³/mol. The van der Waals surface area contributed by atoms with Crippen LogP contribution < -0.4 is 0 Å². The summed E-state index contributed by atoms with van der Waals surface area (Å²) in [5.41, 5.74) is 15.7. The minimum atomic E-state index is -0.175. The molecule has 0 aromatic heterocycles. The van der Waals surface area contributed by atoms with Crippen LogP contribution in [0.1, 0.15) is 65.8 Å². The number of hydrogen-bond acceptors (Lipinski definition) is 2. The quantitative estimate of drug-likeness (QED) is 0.146. The van der Waals surface area contributed by atoms with E-state index in [-0.39, 0.29) is 58.4 Å². The van der Waals surface area contributed by atoms with Crippen molar-refractivity contribution in [3.05, 3.63) is 106 Å². The molecule has 33 heavy (non-hydrogen) atoms. The Kier molecular flexibility index (Phi) is 22.1. The van der Waals surface area contributed by atoms with Crippen molar-refractivity contribution in [3.63, 3.8) is 0 Å². The third kappa shape index (κ3) is 10.6. The third-order valence-electron chi connectivity index (χ3n) is 6.70. The first-order chi connectivity index (χ1) is 13.4. The molecule has 0 saturated heterocycles. The molecular formula is C29H42Rh2S2-10. The van der Waals surface area contributed by atoms with Crippen molar-refractivity contribution in [2.24, 2.45) is 0 Å². The molecule has 0 atom stereocenters. The SMILES string of the molecule is C[c-]1[c-](C)[c-](C)[c-](C)[c-]1C.Cc1c(C)c(C)[c-](C)c1C.[CH3-].[CH3-].[Rh].[Rh].[S-]C([S-])c1ccccc1. The van der Waals surface area contributed by atoms with Crippen molar-refractivity contribution in [2.45, 2.75) is 73.8 Å². The second-order valence-corrected chi connectivity index (χ2v) is 9.23. The minimum absolute atomic E-state index is 0. The molecule has 0 spiro atoms. The first-order valence-corrected chi connectivity index (χ1v) is 11.1. The van der Waals surface area contributed by atoms with Gasteiger partial charge < -0.3 is 67.9 Å². The molecule has 3 aromatic rings. The zero-order chi connectivity index (χ0) is 22.5. The van der Waals surface area contributed by atoms with E-state index in [4.69, 9.17) is 25.3 Å². The van der Waals surface area contributed by atoms with Crippen molar-refractivity contribution in [3.8, 4) is 0 Å². The van der Waals surface area contributed by atoms with E-state index in [0.717, 1.165) is 5.56 Å². The van der Waals surface area contributed by atoms with Gasteiger partial charge in [-0.05, 0) is 0 Å². The zero-order valence-electron chi connectivity index (χ0n) is 22.4. The summed E-state index contributed by atoms with van der Waals surface area (Å²) in [5, 5.41) is 0. The molecule has 0 nitrogen and oxygen atoms in total. The molecule has 0 aliphatic rings. The Morgan fingerprint density at radius 2 is 0.848 bits per heavy atom. The summed E-state index contributed by atoms with van der Waals surface area (Å²) in [6, 6.07) is 9.74. The Hall–Kier alpha value is -0.133. The Bertz CT molecular complexity index is 716. The topological polar surface area (TPSA) is 0 Å². The van der Waals surface area contributed by atoms with Crippen LogP contribution >= 0.6 is 0 Å². The molecule has 198 valence electrons. The molecule has 0 bridgehead atoms. The fourth-order valence-corrected chi connectivity index (χ4v) is 3.74. The van der Waals surface area contributed by atoms with Crippen LogP contribution in [0.5, 0.6) is 0 Å². The van der Waals surface area contributed by atoms with Crippen LogP contribution in [-0.4, -0.2) is 0 Å². The van der Waals surface area contributed by atoms with Gasteiger partial charge in [-0.15, -0.1) is 0 Å². The average Bonchev–Trinajstić information content (AvgIpc) is 2.99. The molecule has 0 aliphatic carbocycles. The van der Waals surface area contributed by atoms with Crippen LogP contribution in [-0.2, 0) is 64.2 Å². The van der Waals surface area contributed by atoms with E-state index in [1.807, 2.05) is 30.3 Å². The Labute approximate surface area is 242 Å². The maximum atomic E-state index is 4.86. The van der Waals surface area contributed by atoms with Gasteiger partial charge in [0.2, 0.25) is 0 Å². The van der Waals surface area contributed by atoms with E-state index in [2.05, 4.69) is 69.2 Å². The zero-order valence-corrected chi connectivity index (χ0v) is 27.4. The van der Waals surface area contributed by atoms with Crippen molar-refractivity contribution < 1.29 is 39.0 Å². The van der Waals surface area contributed by atoms with Gasteiger partial charge in [-0.3, -0.25) is 4.58 Å². The van der Waals surface area contributed by atoms with E-state index in [1.165, 1.54) is 55.6 Å². The van der Waals surface area contributed by atoms with Gasteiger partial charge in [0.05, 0.1) is 0 Å². The summed E-state index contributed by atoms with van der Waals surface area (Å²) in [6.45, 7) is 22.0. The molecule has 0 unspecified atom stereocenters. The largest absolute Gasteiger partial charge is 0.810 e. The monoisotopic (exact) mass is 660 g/mol. The van der Waals surface area contributed by atoms with Gasteiger partial charge in [0.15, 0.2) is 0 Å². The van der Waals surface area contributed by atoms with Crippen LogP contribution in [0.25, 0.3) is 0 Å². The molecule has 3 rings (SSSR count). The van der Waals surface area contributed by atoms with Crippen LogP contribution in [0.2, 0.25) is 0 Å². The third-order valence-corrected chi connectivity index (χ3v) is 7.24. The summed E-state index contributed by atoms with van der Waals surface area (Å²) < 4.78 is -0.175. The van der Waals surface area contributed by atoms with Crippen molar-refractivity contribution >= 4 is 25.3 Å². The minimum Gasteiger partial charge on any atom is -0.810 e. The van der Waals surface area contributed by atoms with E-state index in [0.29, 0.717) is 0 Å². The molecule has 0 aliphatic heterocycles. The Balaban J connectivity index is -0.000000180. The number of rotatable bonds is 1. The molecular weight excluding hydrogens is 618 g/mol. The molecule has 0 fully saturated rings. The van der Waals surface area contributed by atoms with Crippen LogP contribution in [0.4, 0.5) is 0 Å². The van der Waals surface area contributed by atoms with Gasteiger partial charge in [0.1, 0.15) is 0 Å². The normalized spacial score (nSPS) is 9.12. The second kappa shape index (κ2) is 18.2. The summed E-state index contributed by atoms with van der Waals surface area (Å²) in [4.78, 5) is 0. The summed E-state index contributed by atoms with van der Waals surface area (Å²) in [6.07, 6.45) is 0. The van der Waals surface area contributed by atoms with Gasteiger partial charge in [0, 0.05) is 39.0 Å². The van der Waals surface area contributed by atoms with Gasteiger partial charge in [-0.1, -0.05) is 70.5 Å². The first-order valence-electron chi connectivity index (χ1n) is 10.2. The van der Waals surface area contributed by atoms with Gasteiger partial charge in [0.25, 0.3) is 0 Å². The average molecular weight is 661 g/mol. The summed E-state index contributed by atoms with van der Waals surface area (Å²) in [5.74, 6) is 0. The van der Waals surface area contributed by atoms with Gasteiger partial charge in [-0.2, -0.15) is 27.8 Å². The molecule has 0 heterocycles. The smallest absolute Gasteiger partial charge is 0 e.